The minimum absolute atomic E-state index is 0.226. The molecule has 7 rings (SSSR count). The van der Waals surface area contributed by atoms with Gasteiger partial charge in [-0.05, 0) is 46.9 Å². The molecule has 4 aromatic rings. The van der Waals surface area contributed by atoms with Crippen LogP contribution in [-0.2, 0) is 6.54 Å². The number of benzene rings is 3. The molecule has 3 aliphatic heterocycles. The lowest BCUT2D eigenvalue weighted by molar-refractivity contribution is -0.985. The summed E-state index contributed by atoms with van der Waals surface area (Å²) < 4.78 is 1.01. The van der Waals surface area contributed by atoms with Crippen LogP contribution >= 0.6 is 0 Å². The second-order valence-corrected chi connectivity index (χ2v) is 10.3. The number of aliphatic hydroxyl groups excluding tert-OH is 1. The normalized spacial score (nSPS) is 27.8. The van der Waals surface area contributed by atoms with Crippen LogP contribution in [0.1, 0.15) is 43.4 Å². The third-order valence-electron chi connectivity index (χ3n) is 8.66. The Morgan fingerprint density at radius 2 is 1.82 bits per heavy atom. The summed E-state index contributed by atoms with van der Waals surface area (Å²) in [6, 6.07) is 26.1. The first-order chi connectivity index (χ1) is 16.2. The molecule has 1 aromatic heterocycles. The number of piperidine rings is 3. The number of hydrogen-bond donors (Lipinski definition) is 1. The van der Waals surface area contributed by atoms with Gasteiger partial charge in [-0.25, -0.2) is 0 Å². The number of quaternary nitrogens is 1. The summed E-state index contributed by atoms with van der Waals surface area (Å²) in [5, 5.41) is 15.6. The van der Waals surface area contributed by atoms with E-state index in [9.17, 15) is 5.11 Å². The maximum Gasteiger partial charge on any atom is 0.131 e. The third kappa shape index (κ3) is 3.55. The first-order valence-corrected chi connectivity index (χ1v) is 12.5. The summed E-state index contributed by atoms with van der Waals surface area (Å²) in [5.41, 5.74) is 3.40. The van der Waals surface area contributed by atoms with E-state index in [0.717, 1.165) is 45.8 Å². The van der Waals surface area contributed by atoms with Crippen molar-refractivity contribution in [2.45, 2.75) is 44.9 Å². The molecule has 1 N–H and O–H groups in total. The van der Waals surface area contributed by atoms with E-state index in [2.05, 4.69) is 66.5 Å². The van der Waals surface area contributed by atoms with Crippen LogP contribution in [0, 0.1) is 11.8 Å². The number of nitrogens with zero attached hydrogens (tertiary/aromatic N) is 2. The summed E-state index contributed by atoms with van der Waals surface area (Å²) in [6.45, 7) is 5.69. The van der Waals surface area contributed by atoms with Crippen molar-refractivity contribution < 1.29 is 9.59 Å². The molecule has 0 aliphatic carbocycles. The lowest BCUT2D eigenvalue weighted by Gasteiger charge is -2.58. The summed E-state index contributed by atoms with van der Waals surface area (Å²) in [7, 11) is 0. The van der Waals surface area contributed by atoms with E-state index in [1.807, 2.05) is 24.4 Å². The molecule has 3 aliphatic rings. The van der Waals surface area contributed by atoms with E-state index in [1.165, 1.54) is 42.3 Å². The highest BCUT2D eigenvalue weighted by Gasteiger charge is 2.54. The molecule has 0 spiro atoms. The van der Waals surface area contributed by atoms with Crippen molar-refractivity contribution in [3.05, 3.63) is 90.1 Å². The van der Waals surface area contributed by atoms with E-state index in [-0.39, 0.29) is 6.04 Å². The van der Waals surface area contributed by atoms with Crippen molar-refractivity contribution in [2.24, 2.45) is 11.8 Å². The van der Waals surface area contributed by atoms with Gasteiger partial charge in [-0.2, -0.15) is 0 Å². The lowest BCUT2D eigenvalue weighted by Crippen LogP contribution is -2.67. The van der Waals surface area contributed by atoms with Crippen LogP contribution < -0.4 is 0 Å². The Morgan fingerprint density at radius 3 is 2.70 bits per heavy atom. The monoisotopic (exact) mass is 437 g/mol. The molecule has 2 bridgehead atoms. The zero-order valence-electron chi connectivity index (χ0n) is 19.4. The fourth-order valence-electron chi connectivity index (χ4n) is 6.95. The lowest BCUT2D eigenvalue weighted by atomic mass is 9.70. The Bertz CT molecular complexity index is 1300. The minimum Gasteiger partial charge on any atom is -0.382 e. The van der Waals surface area contributed by atoms with Gasteiger partial charge in [0.25, 0.3) is 0 Å². The molecule has 0 saturated carbocycles. The average molecular weight is 438 g/mol. The molecule has 3 aromatic carbocycles. The fourth-order valence-corrected chi connectivity index (χ4v) is 6.95. The first kappa shape index (κ1) is 20.8. The Kier molecular flexibility index (Phi) is 5.20. The van der Waals surface area contributed by atoms with Gasteiger partial charge in [-0.15, -0.1) is 0 Å². The molecule has 3 fully saturated rings. The Morgan fingerprint density at radius 1 is 1.00 bits per heavy atom. The molecule has 5 unspecified atom stereocenters. The van der Waals surface area contributed by atoms with Gasteiger partial charge >= 0.3 is 0 Å². The van der Waals surface area contributed by atoms with Gasteiger partial charge < -0.3 is 9.59 Å². The molecule has 4 heterocycles. The molecular formula is C30H33N2O+. The van der Waals surface area contributed by atoms with Crippen molar-refractivity contribution in [2.75, 3.05) is 13.1 Å². The summed E-state index contributed by atoms with van der Waals surface area (Å²) in [4.78, 5) is 4.54. The quantitative estimate of drug-likeness (QED) is 0.374. The Hall–Kier alpha value is -2.75. The van der Waals surface area contributed by atoms with Crippen molar-refractivity contribution in [1.82, 2.24) is 4.98 Å². The van der Waals surface area contributed by atoms with Crippen molar-refractivity contribution in [3.8, 4) is 0 Å². The van der Waals surface area contributed by atoms with E-state index in [1.54, 1.807) is 0 Å². The molecule has 0 amide bonds. The van der Waals surface area contributed by atoms with Crippen molar-refractivity contribution >= 4 is 21.7 Å². The van der Waals surface area contributed by atoms with Gasteiger partial charge in [0, 0.05) is 35.9 Å². The van der Waals surface area contributed by atoms with Crippen molar-refractivity contribution in [3.63, 3.8) is 0 Å². The van der Waals surface area contributed by atoms with Gasteiger partial charge in [-0.3, -0.25) is 4.98 Å². The van der Waals surface area contributed by atoms with E-state index in [0.29, 0.717) is 0 Å². The SMILES string of the molecule is CCC1C[N+]2(Cc3ccc4ccccc4c3)CCC1CC2C(O)c1ccnc2ccccc12. The van der Waals surface area contributed by atoms with Crippen LogP contribution in [0.15, 0.2) is 79.0 Å². The number of aliphatic hydroxyl groups is 1. The average Bonchev–Trinajstić information content (AvgIpc) is 2.87. The van der Waals surface area contributed by atoms with E-state index >= 15 is 0 Å². The number of rotatable bonds is 5. The second-order valence-electron chi connectivity index (χ2n) is 10.3. The highest BCUT2D eigenvalue weighted by Crippen LogP contribution is 2.48. The highest BCUT2D eigenvalue weighted by molar-refractivity contribution is 5.83. The van der Waals surface area contributed by atoms with Crippen LogP contribution in [-0.4, -0.2) is 33.7 Å². The standard InChI is InChI=1S/C30H33N2O/c1-2-22-20-32(19-21-11-12-23-7-3-4-8-24(23)17-21)16-14-25(22)18-29(32)30(33)27-13-15-31-28-10-6-5-9-26(27)28/h3-13,15,17,22,25,29-30,33H,2,14,16,18-20H2,1H3/q+1. The summed E-state index contributed by atoms with van der Waals surface area (Å²) in [5.74, 6) is 1.50. The van der Waals surface area contributed by atoms with Gasteiger partial charge in [0.05, 0.1) is 18.6 Å². The molecule has 0 radical (unpaired) electrons. The van der Waals surface area contributed by atoms with Crippen LogP contribution in [0.3, 0.4) is 0 Å². The van der Waals surface area contributed by atoms with Gasteiger partial charge in [0.15, 0.2) is 0 Å². The van der Waals surface area contributed by atoms with Gasteiger partial charge in [0.1, 0.15) is 18.7 Å². The molecule has 33 heavy (non-hydrogen) atoms. The molecular weight excluding hydrogens is 404 g/mol. The number of pyridine rings is 1. The molecule has 3 saturated heterocycles. The highest BCUT2D eigenvalue weighted by atomic mass is 16.3. The van der Waals surface area contributed by atoms with Crippen LogP contribution in [0.5, 0.6) is 0 Å². The molecule has 168 valence electrons. The van der Waals surface area contributed by atoms with Gasteiger partial charge in [-0.1, -0.05) is 61.5 Å². The van der Waals surface area contributed by atoms with E-state index in [4.69, 9.17) is 0 Å². The maximum absolute atomic E-state index is 11.9. The fraction of sp³-hybridized carbons (Fsp3) is 0.367. The number of hydrogen-bond acceptors (Lipinski definition) is 2. The first-order valence-electron chi connectivity index (χ1n) is 12.5. The second kappa shape index (κ2) is 8.23. The zero-order chi connectivity index (χ0) is 22.4. The third-order valence-corrected chi connectivity index (χ3v) is 8.66. The predicted molar refractivity (Wildman–Crippen MR) is 135 cm³/mol. The van der Waals surface area contributed by atoms with Crippen LogP contribution in [0.25, 0.3) is 21.7 Å². The number of aromatic nitrogens is 1. The number of para-hydroxylation sites is 1. The molecule has 5 atom stereocenters. The van der Waals surface area contributed by atoms with Gasteiger partial charge in [0.2, 0.25) is 0 Å². The Labute approximate surface area is 196 Å². The smallest absolute Gasteiger partial charge is 0.131 e. The zero-order valence-corrected chi connectivity index (χ0v) is 19.4. The topological polar surface area (TPSA) is 33.1 Å². The molecule has 3 nitrogen and oxygen atoms in total. The van der Waals surface area contributed by atoms with E-state index < -0.39 is 6.10 Å². The van der Waals surface area contributed by atoms with Crippen LogP contribution in [0.4, 0.5) is 0 Å². The van der Waals surface area contributed by atoms with Crippen molar-refractivity contribution in [1.29, 1.82) is 0 Å². The molecule has 3 heteroatoms. The summed E-state index contributed by atoms with van der Waals surface area (Å²) >= 11 is 0. The summed E-state index contributed by atoms with van der Waals surface area (Å²) in [6.07, 6.45) is 5.03. The minimum atomic E-state index is -0.473. The van der Waals surface area contributed by atoms with Crippen LogP contribution in [0.2, 0.25) is 0 Å². The Balaban J connectivity index is 1.40. The number of fused-ring (bicyclic) bond motifs is 5. The maximum atomic E-state index is 11.9. The predicted octanol–water partition coefficient (Wildman–Crippen LogP) is 6.26. The largest absolute Gasteiger partial charge is 0.382 e.